The standard InChI is InChI=1S/C10H14/c1-4-6-8-10(3)9-7-5-2/h5-7,9H,1,8H2,2-3H3. The Balaban J connectivity index is 3.81. The van der Waals surface area contributed by atoms with Crippen LogP contribution < -0.4 is 0 Å². The van der Waals surface area contributed by atoms with Crippen molar-refractivity contribution in [3.63, 3.8) is 0 Å². The first-order valence-corrected chi connectivity index (χ1v) is 3.44. The molecule has 0 saturated heterocycles. The molecule has 0 fully saturated rings. The quantitative estimate of drug-likeness (QED) is 0.410. The maximum atomic E-state index is 3.49. The van der Waals surface area contributed by atoms with Gasteiger partial charge in [0.05, 0.1) is 0 Å². The van der Waals surface area contributed by atoms with E-state index in [1.54, 1.807) is 0 Å². The minimum atomic E-state index is 0.952. The first-order chi connectivity index (χ1) is 4.81. The van der Waals surface area contributed by atoms with Gasteiger partial charge in [-0.25, -0.2) is 0 Å². The van der Waals surface area contributed by atoms with Crippen molar-refractivity contribution < 1.29 is 0 Å². The Morgan fingerprint density at radius 2 is 2.30 bits per heavy atom. The maximum absolute atomic E-state index is 3.49. The minimum absolute atomic E-state index is 0.952. The molecule has 0 N–H and O–H groups in total. The van der Waals surface area contributed by atoms with Gasteiger partial charge in [0, 0.05) is 0 Å². The van der Waals surface area contributed by atoms with E-state index in [0.717, 1.165) is 6.42 Å². The topological polar surface area (TPSA) is 0 Å². The largest absolute Gasteiger partial charge is 0.133 e. The molecule has 0 spiro atoms. The second kappa shape index (κ2) is 6.12. The van der Waals surface area contributed by atoms with E-state index in [4.69, 9.17) is 0 Å². The fourth-order valence-electron chi connectivity index (χ4n) is 0.562. The van der Waals surface area contributed by atoms with Gasteiger partial charge >= 0.3 is 0 Å². The van der Waals surface area contributed by atoms with Crippen molar-refractivity contribution in [2.24, 2.45) is 0 Å². The molecule has 0 unspecified atom stereocenters. The highest BCUT2D eigenvalue weighted by atomic mass is 13.8. The molecule has 0 saturated carbocycles. The molecule has 0 radical (unpaired) electrons. The molecular weight excluding hydrogens is 120 g/mol. The zero-order chi connectivity index (χ0) is 7.82. The van der Waals surface area contributed by atoms with Crippen LogP contribution in [0.5, 0.6) is 0 Å². The Morgan fingerprint density at radius 3 is 2.80 bits per heavy atom. The molecule has 0 rings (SSSR count). The SMILES string of the molecule is C=C=CCC(C)=CC=CC. The van der Waals surface area contributed by atoms with Crippen molar-refractivity contribution in [2.45, 2.75) is 20.3 Å². The smallest absolute Gasteiger partial charge is 0.00625 e. The van der Waals surface area contributed by atoms with E-state index in [2.05, 4.69) is 25.3 Å². The van der Waals surface area contributed by atoms with Crippen LogP contribution in [-0.2, 0) is 0 Å². The van der Waals surface area contributed by atoms with E-state index in [9.17, 15) is 0 Å². The molecule has 0 heteroatoms. The van der Waals surface area contributed by atoms with Crippen molar-refractivity contribution >= 4 is 0 Å². The fraction of sp³-hybridized carbons (Fsp3) is 0.300. The molecule has 10 heavy (non-hydrogen) atoms. The van der Waals surface area contributed by atoms with Crippen LogP contribution in [0.4, 0.5) is 0 Å². The van der Waals surface area contributed by atoms with Gasteiger partial charge in [0.25, 0.3) is 0 Å². The van der Waals surface area contributed by atoms with Crippen LogP contribution in [0.15, 0.2) is 42.2 Å². The summed E-state index contributed by atoms with van der Waals surface area (Å²) >= 11 is 0. The highest BCUT2D eigenvalue weighted by Crippen LogP contribution is 1.99. The Bertz CT molecular complexity index is 176. The Labute approximate surface area is 63.3 Å². The summed E-state index contributed by atoms with van der Waals surface area (Å²) in [7, 11) is 0. The normalized spacial score (nSPS) is 11.6. The van der Waals surface area contributed by atoms with E-state index in [1.165, 1.54) is 5.57 Å². The predicted octanol–water partition coefficient (Wildman–Crippen LogP) is 3.24. The Kier molecular flexibility index (Phi) is 5.51. The summed E-state index contributed by atoms with van der Waals surface area (Å²) < 4.78 is 0. The molecule has 0 aliphatic carbocycles. The average Bonchev–Trinajstić information content (AvgIpc) is 1.97. The molecule has 0 aliphatic heterocycles. The monoisotopic (exact) mass is 134 g/mol. The molecule has 0 amide bonds. The average molecular weight is 134 g/mol. The van der Waals surface area contributed by atoms with E-state index >= 15 is 0 Å². The van der Waals surface area contributed by atoms with Gasteiger partial charge in [0.15, 0.2) is 0 Å². The van der Waals surface area contributed by atoms with Crippen LogP contribution in [0, 0.1) is 0 Å². The lowest BCUT2D eigenvalue weighted by Gasteiger charge is -1.88. The molecule has 0 nitrogen and oxygen atoms in total. The van der Waals surface area contributed by atoms with Crippen LogP contribution >= 0.6 is 0 Å². The molecule has 0 bridgehead atoms. The number of hydrogen-bond acceptors (Lipinski definition) is 0. The van der Waals surface area contributed by atoms with E-state index in [0.29, 0.717) is 0 Å². The van der Waals surface area contributed by atoms with E-state index in [-0.39, 0.29) is 0 Å². The van der Waals surface area contributed by atoms with Gasteiger partial charge in [-0.1, -0.05) is 30.4 Å². The Morgan fingerprint density at radius 1 is 1.60 bits per heavy atom. The van der Waals surface area contributed by atoms with Gasteiger partial charge in [-0.2, -0.15) is 0 Å². The number of hydrogen-bond donors (Lipinski definition) is 0. The van der Waals surface area contributed by atoms with E-state index < -0.39 is 0 Å². The molecule has 54 valence electrons. The molecule has 0 aromatic rings. The third-order valence-corrected chi connectivity index (χ3v) is 1.14. The summed E-state index contributed by atoms with van der Waals surface area (Å²) in [5.41, 5.74) is 4.06. The lowest BCUT2D eigenvalue weighted by molar-refractivity contribution is 1.21. The zero-order valence-electron chi connectivity index (χ0n) is 6.72. The summed E-state index contributed by atoms with van der Waals surface area (Å²) in [4.78, 5) is 0. The van der Waals surface area contributed by atoms with Crippen LogP contribution in [0.2, 0.25) is 0 Å². The van der Waals surface area contributed by atoms with Crippen LogP contribution in [0.3, 0.4) is 0 Å². The first-order valence-electron chi connectivity index (χ1n) is 3.44. The van der Waals surface area contributed by atoms with Crippen molar-refractivity contribution in [1.29, 1.82) is 0 Å². The van der Waals surface area contributed by atoms with Crippen LogP contribution in [0.25, 0.3) is 0 Å². The summed E-state index contributed by atoms with van der Waals surface area (Å²) in [5.74, 6) is 0. The maximum Gasteiger partial charge on any atom is -0.00625 e. The summed E-state index contributed by atoms with van der Waals surface area (Å²) in [5, 5.41) is 0. The van der Waals surface area contributed by atoms with Gasteiger partial charge in [-0.15, -0.1) is 5.73 Å². The fourth-order valence-corrected chi connectivity index (χ4v) is 0.562. The van der Waals surface area contributed by atoms with Crippen LogP contribution in [0.1, 0.15) is 20.3 Å². The van der Waals surface area contributed by atoms with Crippen LogP contribution in [-0.4, -0.2) is 0 Å². The van der Waals surface area contributed by atoms with Gasteiger partial charge in [-0.3, -0.25) is 0 Å². The molecule has 0 atom stereocenters. The van der Waals surface area contributed by atoms with Gasteiger partial charge in [-0.05, 0) is 26.3 Å². The van der Waals surface area contributed by atoms with Crippen molar-refractivity contribution in [1.82, 2.24) is 0 Å². The third-order valence-electron chi connectivity index (χ3n) is 1.14. The van der Waals surface area contributed by atoms with E-state index in [1.807, 2.05) is 25.2 Å². The predicted molar refractivity (Wildman–Crippen MR) is 46.9 cm³/mol. The van der Waals surface area contributed by atoms with Gasteiger partial charge < -0.3 is 0 Å². The molecule has 0 aliphatic rings. The summed E-state index contributed by atoms with van der Waals surface area (Å²) in [6.07, 6.45) is 9.02. The molecule has 0 aromatic carbocycles. The van der Waals surface area contributed by atoms with Crippen molar-refractivity contribution in [3.05, 3.63) is 42.2 Å². The van der Waals surface area contributed by atoms with Crippen molar-refractivity contribution in [3.8, 4) is 0 Å². The third kappa shape index (κ3) is 5.14. The number of allylic oxidation sites excluding steroid dienone is 5. The molecular formula is C10H14. The molecule has 0 aromatic heterocycles. The summed E-state index contributed by atoms with van der Waals surface area (Å²) in [6.45, 7) is 7.59. The lowest BCUT2D eigenvalue weighted by Crippen LogP contribution is -1.68. The van der Waals surface area contributed by atoms with Crippen molar-refractivity contribution in [2.75, 3.05) is 0 Å². The van der Waals surface area contributed by atoms with Gasteiger partial charge in [0.1, 0.15) is 0 Å². The second-order valence-electron chi connectivity index (χ2n) is 2.15. The summed E-state index contributed by atoms with van der Waals surface area (Å²) in [6, 6.07) is 0. The highest BCUT2D eigenvalue weighted by molar-refractivity contribution is 5.12. The highest BCUT2D eigenvalue weighted by Gasteiger charge is 1.79. The van der Waals surface area contributed by atoms with Gasteiger partial charge in [0.2, 0.25) is 0 Å². The zero-order valence-corrected chi connectivity index (χ0v) is 6.72. The number of rotatable bonds is 3. The minimum Gasteiger partial charge on any atom is -0.133 e. The first kappa shape index (κ1) is 9.00. The Hall–Kier alpha value is -1.00. The lowest BCUT2D eigenvalue weighted by atomic mass is 10.2. The molecule has 0 heterocycles. The second-order valence-corrected chi connectivity index (χ2v) is 2.15.